The number of thioether (sulfide) groups is 1. The topological polar surface area (TPSA) is 46.2 Å². The lowest BCUT2D eigenvalue weighted by molar-refractivity contribution is 0.252. The third-order valence-corrected chi connectivity index (χ3v) is 4.19. The minimum Gasteiger partial charge on any atom is -0.282 e. The van der Waals surface area contributed by atoms with E-state index in [1.807, 2.05) is 0 Å². The molecule has 8 heteroatoms. The molecule has 0 unspecified atom stereocenters. The minimum absolute atomic E-state index is 0.0561. The van der Waals surface area contributed by atoms with Crippen molar-refractivity contribution < 1.29 is 17.2 Å². The third-order valence-electron chi connectivity index (χ3n) is 1.71. The van der Waals surface area contributed by atoms with Crippen molar-refractivity contribution in [2.45, 2.75) is 10.7 Å². The highest BCUT2D eigenvalue weighted by atomic mass is 35.5. The van der Waals surface area contributed by atoms with Gasteiger partial charge in [0.1, 0.15) is 0 Å². The van der Waals surface area contributed by atoms with E-state index >= 15 is 0 Å². The monoisotopic (exact) mass is 301 g/mol. The van der Waals surface area contributed by atoms with E-state index in [-0.39, 0.29) is 22.2 Å². The van der Waals surface area contributed by atoms with Gasteiger partial charge < -0.3 is 0 Å². The molecule has 0 radical (unpaired) electrons. The van der Waals surface area contributed by atoms with E-state index in [4.69, 9.17) is 11.6 Å². The number of benzene rings is 1. The van der Waals surface area contributed by atoms with Gasteiger partial charge in [-0.3, -0.25) is 4.72 Å². The first-order chi connectivity index (χ1) is 7.94. The van der Waals surface area contributed by atoms with E-state index in [2.05, 4.69) is 4.72 Å². The maximum Gasteiger partial charge on any atom is 0.288 e. The van der Waals surface area contributed by atoms with Gasteiger partial charge >= 0.3 is 0 Å². The van der Waals surface area contributed by atoms with Gasteiger partial charge in [-0.15, -0.1) is 11.6 Å². The van der Waals surface area contributed by atoms with Gasteiger partial charge in [0, 0.05) is 10.8 Å². The second-order valence-electron chi connectivity index (χ2n) is 2.98. The lowest BCUT2D eigenvalue weighted by atomic mass is 10.3. The Hall–Kier alpha value is -0.530. The summed E-state index contributed by atoms with van der Waals surface area (Å²) in [5.41, 5.74) is 0.142. The molecule has 0 aromatic heterocycles. The molecule has 1 N–H and O–H groups in total. The van der Waals surface area contributed by atoms with Gasteiger partial charge in [-0.25, -0.2) is 8.42 Å². The second-order valence-corrected chi connectivity index (χ2v) is 6.24. The predicted molar refractivity (Wildman–Crippen MR) is 66.4 cm³/mol. The number of para-hydroxylation sites is 1. The summed E-state index contributed by atoms with van der Waals surface area (Å²) in [6.45, 7) is 0. The van der Waals surface area contributed by atoms with Gasteiger partial charge in [0.15, 0.2) is 0 Å². The summed E-state index contributed by atoms with van der Waals surface area (Å²) < 4.78 is 49.6. The minimum atomic E-state index is -3.58. The summed E-state index contributed by atoms with van der Waals surface area (Å²) in [4.78, 5) is 0.181. The van der Waals surface area contributed by atoms with Crippen molar-refractivity contribution in [2.75, 3.05) is 16.4 Å². The molecule has 0 aliphatic rings. The predicted octanol–water partition coefficient (Wildman–Crippen LogP) is 2.98. The molecule has 0 heterocycles. The maximum absolute atomic E-state index is 12.2. The molecule has 0 bridgehead atoms. The van der Waals surface area contributed by atoms with Crippen molar-refractivity contribution in [2.24, 2.45) is 0 Å². The smallest absolute Gasteiger partial charge is 0.282 e. The SMILES string of the molecule is O=S(=O)(CCCl)Nc1ccccc1SC(F)F. The number of alkyl halides is 3. The van der Waals surface area contributed by atoms with E-state index in [0.29, 0.717) is 11.8 Å². The Morgan fingerprint density at radius 3 is 2.59 bits per heavy atom. The number of hydrogen-bond donors (Lipinski definition) is 1. The Labute approximate surface area is 108 Å². The number of nitrogens with one attached hydrogen (secondary N) is 1. The van der Waals surface area contributed by atoms with Crippen molar-refractivity contribution in [1.29, 1.82) is 0 Å². The highest BCUT2D eigenvalue weighted by Gasteiger charge is 2.14. The molecular weight excluding hydrogens is 292 g/mol. The first-order valence-electron chi connectivity index (χ1n) is 4.55. The van der Waals surface area contributed by atoms with Gasteiger partial charge in [0.2, 0.25) is 10.0 Å². The fourth-order valence-corrected chi connectivity index (χ4v) is 3.16. The molecule has 0 aliphatic carbocycles. The lowest BCUT2D eigenvalue weighted by Gasteiger charge is -2.10. The quantitative estimate of drug-likeness (QED) is 0.649. The first-order valence-corrected chi connectivity index (χ1v) is 7.61. The van der Waals surface area contributed by atoms with Crippen molar-refractivity contribution in [3.63, 3.8) is 0 Å². The summed E-state index contributed by atoms with van der Waals surface area (Å²) in [5.74, 6) is -2.92. The molecule has 0 atom stereocenters. The van der Waals surface area contributed by atoms with Crippen molar-refractivity contribution in [3.05, 3.63) is 24.3 Å². The molecule has 3 nitrogen and oxygen atoms in total. The highest BCUT2D eigenvalue weighted by molar-refractivity contribution is 7.99. The van der Waals surface area contributed by atoms with Crippen LogP contribution >= 0.6 is 23.4 Å². The normalized spacial score (nSPS) is 11.8. The van der Waals surface area contributed by atoms with Crippen LogP contribution in [0, 0.1) is 0 Å². The Balaban J connectivity index is 2.90. The van der Waals surface area contributed by atoms with Gasteiger partial charge in [-0.2, -0.15) is 8.78 Å². The van der Waals surface area contributed by atoms with E-state index in [1.165, 1.54) is 12.1 Å². The van der Waals surface area contributed by atoms with Crippen LogP contribution in [0.1, 0.15) is 0 Å². The van der Waals surface area contributed by atoms with Crippen molar-refractivity contribution >= 4 is 39.1 Å². The van der Waals surface area contributed by atoms with Gasteiger partial charge in [0.05, 0.1) is 11.4 Å². The average Bonchev–Trinajstić information content (AvgIpc) is 2.19. The van der Waals surface area contributed by atoms with Crippen LogP contribution in [0.4, 0.5) is 14.5 Å². The molecule has 0 saturated carbocycles. The number of sulfonamides is 1. The molecule has 0 spiro atoms. The zero-order valence-electron chi connectivity index (χ0n) is 8.57. The number of hydrogen-bond acceptors (Lipinski definition) is 3. The van der Waals surface area contributed by atoms with E-state index in [9.17, 15) is 17.2 Å². The number of rotatable bonds is 6. The molecule has 17 heavy (non-hydrogen) atoms. The highest BCUT2D eigenvalue weighted by Crippen LogP contribution is 2.32. The van der Waals surface area contributed by atoms with Crippen LogP contribution < -0.4 is 4.72 Å². The molecule has 1 aromatic carbocycles. The van der Waals surface area contributed by atoms with Crippen LogP contribution in [0.2, 0.25) is 0 Å². The summed E-state index contributed by atoms with van der Waals surface area (Å²) in [5, 5.41) is 0. The molecule has 96 valence electrons. The molecule has 1 aromatic rings. The zero-order valence-corrected chi connectivity index (χ0v) is 11.0. The maximum atomic E-state index is 12.2. The second kappa shape index (κ2) is 6.42. The lowest BCUT2D eigenvalue weighted by Crippen LogP contribution is -2.18. The largest absolute Gasteiger partial charge is 0.288 e. The Morgan fingerprint density at radius 2 is 2.00 bits per heavy atom. The van der Waals surface area contributed by atoms with Crippen LogP contribution in [-0.2, 0) is 10.0 Å². The van der Waals surface area contributed by atoms with E-state index in [1.54, 1.807) is 12.1 Å². The van der Waals surface area contributed by atoms with Crippen LogP contribution in [0.25, 0.3) is 0 Å². The van der Waals surface area contributed by atoms with Crippen LogP contribution in [0.15, 0.2) is 29.2 Å². The van der Waals surface area contributed by atoms with Crippen molar-refractivity contribution in [1.82, 2.24) is 0 Å². The zero-order chi connectivity index (χ0) is 12.9. The summed E-state index contributed by atoms with van der Waals surface area (Å²) in [6, 6.07) is 5.98. The Bertz CT molecular complexity index is 468. The molecule has 0 aliphatic heterocycles. The van der Waals surface area contributed by atoms with Crippen molar-refractivity contribution in [3.8, 4) is 0 Å². The molecular formula is C9H10ClF2NO2S2. The standard InChI is InChI=1S/C9H10ClF2NO2S2/c10-5-6-17(14,15)13-7-3-1-2-4-8(7)16-9(11)12/h1-4,9,13H,5-6H2. The van der Waals surface area contributed by atoms with Crippen LogP contribution in [-0.4, -0.2) is 25.8 Å². The molecule has 0 saturated heterocycles. The number of halogens is 3. The molecule has 0 fully saturated rings. The summed E-state index contributed by atoms with van der Waals surface area (Å²) in [7, 11) is -3.58. The average molecular weight is 302 g/mol. The molecule has 1 rings (SSSR count). The van der Waals surface area contributed by atoms with Crippen LogP contribution in [0.5, 0.6) is 0 Å². The fraction of sp³-hybridized carbons (Fsp3) is 0.333. The van der Waals surface area contributed by atoms with Gasteiger partial charge in [-0.05, 0) is 12.1 Å². The fourth-order valence-electron chi connectivity index (χ4n) is 1.07. The van der Waals surface area contributed by atoms with E-state index in [0.717, 1.165) is 0 Å². The number of anilines is 1. The Morgan fingerprint density at radius 1 is 1.35 bits per heavy atom. The summed E-state index contributed by atoms with van der Waals surface area (Å²) >= 11 is 5.62. The molecule has 0 amide bonds. The summed E-state index contributed by atoms with van der Waals surface area (Å²) in [6.07, 6.45) is 0. The van der Waals surface area contributed by atoms with Gasteiger partial charge in [-0.1, -0.05) is 23.9 Å². The van der Waals surface area contributed by atoms with Crippen LogP contribution in [0.3, 0.4) is 0 Å². The Kier molecular flexibility index (Phi) is 5.48. The first kappa shape index (κ1) is 14.5. The van der Waals surface area contributed by atoms with E-state index < -0.39 is 15.8 Å². The third kappa shape index (κ3) is 5.10. The van der Waals surface area contributed by atoms with Gasteiger partial charge in [0.25, 0.3) is 5.76 Å².